The van der Waals surface area contributed by atoms with Crippen molar-refractivity contribution in [1.82, 2.24) is 0 Å². The monoisotopic (exact) mass is 350 g/mol. The Morgan fingerprint density at radius 3 is 2.38 bits per heavy atom. The third-order valence-electron chi connectivity index (χ3n) is 4.87. The van der Waals surface area contributed by atoms with E-state index < -0.39 is 4.92 Å². The van der Waals surface area contributed by atoms with Gasteiger partial charge < -0.3 is 4.90 Å². The number of Topliss-reactive ketones (excluding diaryl/α,β-unsaturated/α-hetero) is 1. The first kappa shape index (κ1) is 17.9. The molecule has 0 aromatic heterocycles. The highest BCUT2D eigenvalue weighted by molar-refractivity contribution is 6.13. The second kappa shape index (κ2) is 7.52. The van der Waals surface area contributed by atoms with Gasteiger partial charge in [-0.1, -0.05) is 18.2 Å². The highest BCUT2D eigenvalue weighted by Gasteiger charge is 2.24. The highest BCUT2D eigenvalue weighted by atomic mass is 16.6. The number of nitrogens with zero attached hydrogens (tertiary/aromatic N) is 2. The Morgan fingerprint density at radius 2 is 1.77 bits per heavy atom. The lowest BCUT2D eigenvalue weighted by atomic mass is 9.85. The largest absolute Gasteiger partial charge is 0.372 e. The van der Waals surface area contributed by atoms with Gasteiger partial charge in [-0.25, -0.2) is 0 Å². The van der Waals surface area contributed by atoms with Crippen molar-refractivity contribution in [3.8, 4) is 0 Å². The average molecular weight is 350 g/mol. The summed E-state index contributed by atoms with van der Waals surface area (Å²) >= 11 is 0. The molecule has 0 amide bonds. The zero-order valence-corrected chi connectivity index (χ0v) is 15.1. The number of ketones is 1. The minimum absolute atomic E-state index is 0.0399. The van der Waals surface area contributed by atoms with E-state index in [-0.39, 0.29) is 11.5 Å². The van der Waals surface area contributed by atoms with Crippen molar-refractivity contribution in [3.05, 3.63) is 74.8 Å². The van der Waals surface area contributed by atoms with E-state index in [1.807, 2.05) is 18.2 Å². The van der Waals surface area contributed by atoms with Crippen LogP contribution in [0.4, 0.5) is 11.4 Å². The summed E-state index contributed by atoms with van der Waals surface area (Å²) in [7, 11) is 0. The van der Waals surface area contributed by atoms with Crippen molar-refractivity contribution in [2.24, 2.45) is 0 Å². The van der Waals surface area contributed by atoms with Gasteiger partial charge >= 0.3 is 0 Å². The number of anilines is 1. The van der Waals surface area contributed by atoms with Gasteiger partial charge in [0, 0.05) is 42.0 Å². The lowest BCUT2D eigenvalue weighted by molar-refractivity contribution is -0.384. The molecular weight excluding hydrogens is 328 g/mol. The molecule has 5 nitrogen and oxygen atoms in total. The van der Waals surface area contributed by atoms with Crippen molar-refractivity contribution in [3.63, 3.8) is 0 Å². The van der Waals surface area contributed by atoms with Gasteiger partial charge in [-0.2, -0.15) is 0 Å². The summed E-state index contributed by atoms with van der Waals surface area (Å²) in [5.74, 6) is -0.109. The summed E-state index contributed by atoms with van der Waals surface area (Å²) in [4.78, 5) is 25.5. The molecule has 0 N–H and O–H groups in total. The number of hydrogen-bond acceptors (Lipinski definition) is 4. The Labute approximate surface area is 153 Å². The van der Waals surface area contributed by atoms with Crippen molar-refractivity contribution in [2.45, 2.75) is 26.7 Å². The summed E-state index contributed by atoms with van der Waals surface area (Å²) in [6.45, 7) is 6.14. The molecule has 3 rings (SSSR count). The molecule has 2 aromatic rings. The Bertz CT molecular complexity index is 865. The summed E-state index contributed by atoms with van der Waals surface area (Å²) in [5, 5.41) is 11.0. The molecule has 0 heterocycles. The van der Waals surface area contributed by atoms with Gasteiger partial charge in [0.05, 0.1) is 4.92 Å². The fourth-order valence-corrected chi connectivity index (χ4v) is 3.37. The van der Waals surface area contributed by atoms with Gasteiger partial charge in [0.1, 0.15) is 0 Å². The summed E-state index contributed by atoms with van der Waals surface area (Å²) in [6.07, 6.45) is 3.28. The van der Waals surface area contributed by atoms with Crippen LogP contribution in [0.25, 0.3) is 6.08 Å². The molecule has 1 aliphatic carbocycles. The first-order valence-corrected chi connectivity index (χ1v) is 8.91. The minimum Gasteiger partial charge on any atom is -0.372 e. The topological polar surface area (TPSA) is 63.4 Å². The Morgan fingerprint density at radius 1 is 1.08 bits per heavy atom. The third-order valence-corrected chi connectivity index (χ3v) is 4.87. The summed E-state index contributed by atoms with van der Waals surface area (Å²) < 4.78 is 0. The molecule has 0 radical (unpaired) electrons. The Balaban J connectivity index is 1.87. The summed E-state index contributed by atoms with van der Waals surface area (Å²) in [6, 6.07) is 12.7. The van der Waals surface area contributed by atoms with Gasteiger partial charge in [-0.15, -0.1) is 0 Å². The zero-order chi connectivity index (χ0) is 18.7. The zero-order valence-electron chi connectivity index (χ0n) is 15.1. The maximum atomic E-state index is 12.8. The number of nitro benzene ring substituents is 1. The number of hydrogen-bond donors (Lipinski definition) is 0. The lowest BCUT2D eigenvalue weighted by Crippen LogP contribution is -2.21. The van der Waals surface area contributed by atoms with Crippen LogP contribution >= 0.6 is 0 Å². The highest BCUT2D eigenvalue weighted by Crippen LogP contribution is 2.29. The molecule has 0 aliphatic heterocycles. The number of aryl methyl sites for hydroxylation is 1. The molecule has 1 aliphatic rings. The van der Waals surface area contributed by atoms with Crippen LogP contribution in [0.15, 0.2) is 48.0 Å². The Kier molecular flexibility index (Phi) is 5.16. The van der Waals surface area contributed by atoms with Gasteiger partial charge in [0.2, 0.25) is 0 Å². The second-order valence-electron chi connectivity index (χ2n) is 6.36. The van der Waals surface area contributed by atoms with Crippen molar-refractivity contribution in [1.29, 1.82) is 0 Å². The van der Waals surface area contributed by atoms with Crippen LogP contribution < -0.4 is 4.90 Å². The standard InChI is InChI=1S/C21H22N2O3/c1-3-22(4-2)18-10-5-15(6-11-18)13-17-8-7-16-9-12-19(23(25)26)14-20(16)21(17)24/h5-6,9-14H,3-4,7-8H2,1-2H3/b17-13+. The fourth-order valence-electron chi connectivity index (χ4n) is 3.37. The van der Waals surface area contributed by atoms with Crippen LogP contribution in [0.1, 0.15) is 41.8 Å². The number of benzene rings is 2. The van der Waals surface area contributed by atoms with Gasteiger partial charge in [0.25, 0.3) is 5.69 Å². The third kappa shape index (κ3) is 3.52. The molecule has 0 spiro atoms. The van der Waals surface area contributed by atoms with E-state index in [1.165, 1.54) is 12.1 Å². The number of rotatable bonds is 5. The van der Waals surface area contributed by atoms with E-state index in [2.05, 4.69) is 30.9 Å². The van der Waals surface area contributed by atoms with Crippen LogP contribution in [-0.4, -0.2) is 23.8 Å². The number of fused-ring (bicyclic) bond motifs is 1. The van der Waals surface area contributed by atoms with Crippen molar-refractivity contribution >= 4 is 23.2 Å². The molecule has 0 atom stereocenters. The number of nitro groups is 1. The van der Waals surface area contributed by atoms with Crippen LogP contribution in [-0.2, 0) is 6.42 Å². The van der Waals surface area contributed by atoms with Gasteiger partial charge in [-0.05, 0) is 56.0 Å². The fraction of sp³-hybridized carbons (Fsp3) is 0.286. The van der Waals surface area contributed by atoms with E-state index in [0.717, 1.165) is 36.3 Å². The molecule has 0 bridgehead atoms. The molecule has 26 heavy (non-hydrogen) atoms. The molecule has 5 heteroatoms. The molecule has 0 saturated carbocycles. The van der Waals surface area contributed by atoms with Crippen LogP contribution in [0.3, 0.4) is 0 Å². The van der Waals surface area contributed by atoms with Gasteiger partial charge in [-0.3, -0.25) is 14.9 Å². The first-order valence-electron chi connectivity index (χ1n) is 8.91. The number of carbonyl (C=O) groups is 1. The van der Waals surface area contributed by atoms with Crippen LogP contribution in [0, 0.1) is 10.1 Å². The molecule has 0 fully saturated rings. The van der Waals surface area contributed by atoms with Crippen molar-refractivity contribution < 1.29 is 9.72 Å². The van der Waals surface area contributed by atoms with E-state index in [9.17, 15) is 14.9 Å². The maximum Gasteiger partial charge on any atom is 0.270 e. The van der Waals surface area contributed by atoms with E-state index in [1.54, 1.807) is 6.07 Å². The maximum absolute atomic E-state index is 12.8. The predicted octanol–water partition coefficient (Wildman–Crippen LogP) is 4.65. The SMILES string of the molecule is CCN(CC)c1ccc(/C=C2\CCc3ccc([N+](=O)[O-])cc3C2=O)cc1. The quantitative estimate of drug-likeness (QED) is 0.447. The molecule has 0 saturated heterocycles. The van der Waals surface area contributed by atoms with E-state index in [0.29, 0.717) is 17.6 Å². The van der Waals surface area contributed by atoms with Crippen molar-refractivity contribution in [2.75, 3.05) is 18.0 Å². The van der Waals surface area contributed by atoms with Crippen LogP contribution in [0.2, 0.25) is 0 Å². The molecule has 2 aromatic carbocycles. The van der Waals surface area contributed by atoms with Gasteiger partial charge in [0.15, 0.2) is 5.78 Å². The normalized spacial score (nSPS) is 15.0. The molecular formula is C21H22N2O3. The molecule has 134 valence electrons. The second-order valence-corrected chi connectivity index (χ2v) is 6.36. The lowest BCUT2D eigenvalue weighted by Gasteiger charge is -2.21. The first-order chi connectivity index (χ1) is 12.5. The van der Waals surface area contributed by atoms with Crippen LogP contribution in [0.5, 0.6) is 0 Å². The van der Waals surface area contributed by atoms with E-state index in [4.69, 9.17) is 0 Å². The summed E-state index contributed by atoms with van der Waals surface area (Å²) in [5.41, 5.74) is 4.13. The number of non-ortho nitro benzene ring substituents is 1. The average Bonchev–Trinajstić information content (AvgIpc) is 2.66. The Hall–Kier alpha value is -2.95. The minimum atomic E-state index is -0.461. The number of carbonyl (C=O) groups excluding carboxylic acids is 1. The molecule has 0 unspecified atom stereocenters. The number of allylic oxidation sites excluding steroid dienone is 1. The van der Waals surface area contributed by atoms with E-state index >= 15 is 0 Å². The predicted molar refractivity (Wildman–Crippen MR) is 104 cm³/mol. The smallest absolute Gasteiger partial charge is 0.270 e.